The van der Waals surface area contributed by atoms with Crippen LogP contribution in [0, 0.1) is 0 Å². The molecular formula is H11AlO22P6. The molecule has 0 spiro atoms. The van der Waals surface area contributed by atoms with Crippen molar-refractivity contribution in [2.45, 2.75) is 0 Å². The predicted octanol–water partition coefficient (Wildman–Crippen LogP) is -5.76. The van der Waals surface area contributed by atoms with Crippen molar-refractivity contribution in [2.75, 3.05) is 0 Å². The third-order valence-corrected chi connectivity index (χ3v) is 3.77. The average molecular weight is 576 g/mol. The van der Waals surface area contributed by atoms with Gasteiger partial charge in [0.05, 0.1) is 0 Å². The van der Waals surface area contributed by atoms with E-state index in [1.807, 2.05) is 0 Å². The van der Waals surface area contributed by atoms with Crippen LogP contribution in [0.15, 0.2) is 0 Å². The summed E-state index contributed by atoms with van der Waals surface area (Å²) in [6.45, 7) is 0. The van der Waals surface area contributed by atoms with Crippen molar-refractivity contribution in [3.05, 3.63) is 0 Å². The summed E-state index contributed by atoms with van der Waals surface area (Å²) in [5.41, 5.74) is 0. The first-order chi connectivity index (χ1) is 11.4. The first-order valence-corrected chi connectivity index (χ1v) is 13.7. The Balaban J connectivity index is -0.0000001000. The van der Waals surface area contributed by atoms with Gasteiger partial charge in [0.15, 0.2) is 0 Å². The van der Waals surface area contributed by atoms with Gasteiger partial charge in [0.25, 0.3) is 23.5 Å². The molecule has 0 atom stereocenters. The molecule has 0 aliphatic carbocycles. The normalized spacial score (nSPS) is 12.6. The van der Waals surface area contributed by atoms with Gasteiger partial charge in [-0.2, -0.15) is 8.62 Å². The largest absolute Gasteiger partial charge is 3.00 e. The molecule has 29 heteroatoms. The molecule has 0 aromatic rings. The van der Waals surface area contributed by atoms with Gasteiger partial charge in [-0.3, -0.25) is 13.7 Å². The van der Waals surface area contributed by atoms with Gasteiger partial charge < -0.3 is 68.5 Å². The maximum Gasteiger partial charge on any atom is 3.00 e. The maximum atomic E-state index is 10.4. The van der Waals surface area contributed by atoms with Crippen molar-refractivity contribution < 1.29 is 105 Å². The smallest absolute Gasteiger partial charge is 0.756 e. The van der Waals surface area contributed by atoms with E-state index in [2.05, 4.69) is 8.62 Å². The zero-order valence-corrected chi connectivity index (χ0v) is 19.2. The van der Waals surface area contributed by atoms with Crippen molar-refractivity contribution >= 4 is 64.3 Å². The van der Waals surface area contributed by atoms with Crippen molar-refractivity contribution in [2.24, 2.45) is 0 Å². The Morgan fingerprint density at radius 1 is 0.448 bits per heavy atom. The Labute approximate surface area is 169 Å². The van der Waals surface area contributed by atoms with E-state index in [1.165, 1.54) is 0 Å². The fourth-order valence-corrected chi connectivity index (χ4v) is 2.82. The van der Waals surface area contributed by atoms with Crippen molar-refractivity contribution in [1.29, 1.82) is 0 Å². The second kappa shape index (κ2) is 15.2. The van der Waals surface area contributed by atoms with Gasteiger partial charge >= 0.3 is 40.8 Å². The van der Waals surface area contributed by atoms with Gasteiger partial charge in [-0.15, -0.1) is 0 Å². The van der Waals surface area contributed by atoms with Crippen LogP contribution in [-0.4, -0.2) is 71.2 Å². The standard InChI is InChI=1S/Al.H5O10P3.3H3O4P/c;1-11(2,3)9-13(7,8)10-12(4,5)6;3*1-5(2,3)4/h;(H,7,8)(H2,1,2,3)(H2,4,5,6);3*(H3,1,2,3,4)/q+3;;;;/p-3. The molecule has 176 valence electrons. The predicted molar refractivity (Wildman–Crippen MR) is 78.0 cm³/mol. The van der Waals surface area contributed by atoms with Crippen LogP contribution in [0.4, 0.5) is 0 Å². The molecule has 0 rings (SSSR count). The minimum atomic E-state index is -5.46. The van der Waals surface area contributed by atoms with Crippen LogP contribution in [0.5, 0.6) is 0 Å². The molecule has 0 bridgehead atoms. The first kappa shape index (κ1) is 40.6. The van der Waals surface area contributed by atoms with Crippen LogP contribution >= 0.6 is 46.9 Å². The summed E-state index contributed by atoms with van der Waals surface area (Å²) in [5, 5.41) is 0. The fraction of sp³-hybridized carbons (Fsp3) is 0. The van der Waals surface area contributed by atoms with Gasteiger partial charge in [0.1, 0.15) is 0 Å². The van der Waals surface area contributed by atoms with E-state index in [0.29, 0.717) is 0 Å². The summed E-state index contributed by atoms with van der Waals surface area (Å²) < 4.78 is 62.7. The van der Waals surface area contributed by atoms with Crippen LogP contribution in [0.2, 0.25) is 0 Å². The van der Waals surface area contributed by atoms with E-state index in [4.69, 9.17) is 82.2 Å². The average Bonchev–Trinajstić information content (AvgIpc) is 1.95. The molecule has 0 unspecified atom stereocenters. The minimum Gasteiger partial charge on any atom is -0.756 e. The van der Waals surface area contributed by atoms with Crippen LogP contribution < -0.4 is 14.7 Å². The zero-order valence-electron chi connectivity index (χ0n) is 12.7. The van der Waals surface area contributed by atoms with Gasteiger partial charge in [-0.25, -0.2) is 13.7 Å². The summed E-state index contributed by atoms with van der Waals surface area (Å²) in [6, 6.07) is 0. The van der Waals surface area contributed by atoms with Crippen molar-refractivity contribution in [1.82, 2.24) is 0 Å². The van der Waals surface area contributed by atoms with E-state index in [-0.39, 0.29) is 17.4 Å². The second-order valence-corrected chi connectivity index (χ2v) is 10.2. The summed E-state index contributed by atoms with van der Waals surface area (Å²) in [5.74, 6) is 0. The number of phosphoric acid groups is 6. The van der Waals surface area contributed by atoms with Crippen molar-refractivity contribution in [3.8, 4) is 0 Å². The minimum absolute atomic E-state index is 0. The molecule has 29 heavy (non-hydrogen) atoms. The number of rotatable bonds is 4. The summed E-state index contributed by atoms with van der Waals surface area (Å²) in [4.78, 5) is 109. The number of hydrogen-bond acceptors (Lipinski definition) is 11. The number of hydrogen-bond donors (Lipinski definition) is 11. The van der Waals surface area contributed by atoms with Crippen molar-refractivity contribution in [3.63, 3.8) is 0 Å². The van der Waals surface area contributed by atoms with Crippen LogP contribution in [0.3, 0.4) is 0 Å². The zero-order chi connectivity index (χ0) is 24.4. The molecule has 0 aliphatic rings. The van der Waals surface area contributed by atoms with Gasteiger partial charge in [0, 0.05) is 0 Å². The molecule has 0 radical (unpaired) electrons. The second-order valence-electron chi connectivity index (χ2n) is 3.08. The third-order valence-electron chi connectivity index (χ3n) is 0.419. The van der Waals surface area contributed by atoms with Gasteiger partial charge in [0.2, 0.25) is 0 Å². The molecule has 0 aromatic heterocycles. The Hall–Kier alpha value is 1.27. The summed E-state index contributed by atoms with van der Waals surface area (Å²) in [7, 11) is -30.8. The molecule has 0 heterocycles. The SMILES string of the molecule is O=P(O)(O)OP(=O)(O)OP(=O)(O)O.O=P([O-])(O)O.O=P([O-])(O)O.O=P([O-])(O)O.[Al+3]. The van der Waals surface area contributed by atoms with Gasteiger partial charge in [-0.05, 0) is 0 Å². The van der Waals surface area contributed by atoms with E-state index >= 15 is 0 Å². The summed E-state index contributed by atoms with van der Waals surface area (Å²) >= 11 is 0. The molecule has 11 N–H and O–H groups in total. The molecule has 22 nitrogen and oxygen atoms in total. The van der Waals surface area contributed by atoms with E-state index < -0.39 is 46.9 Å². The molecule has 0 saturated heterocycles. The van der Waals surface area contributed by atoms with Crippen LogP contribution in [-0.2, 0) is 36.0 Å². The Morgan fingerprint density at radius 2 is 0.552 bits per heavy atom. The van der Waals surface area contributed by atoms with E-state index in [9.17, 15) is 13.7 Å². The monoisotopic (exact) mass is 576 g/mol. The fourth-order valence-electron chi connectivity index (χ4n) is 0.284. The Morgan fingerprint density at radius 3 is 0.621 bits per heavy atom. The molecule has 0 saturated carbocycles. The topological polar surface area (TPSA) is 413 Å². The maximum absolute atomic E-state index is 10.4. The Bertz CT molecular complexity index is 599. The molecule has 0 aromatic carbocycles. The van der Waals surface area contributed by atoms with E-state index in [1.54, 1.807) is 0 Å². The van der Waals surface area contributed by atoms with Gasteiger partial charge in [-0.1, -0.05) is 0 Å². The van der Waals surface area contributed by atoms with Crippen LogP contribution in [0.25, 0.3) is 0 Å². The molecule has 0 amide bonds. The third kappa shape index (κ3) is 124. The Kier molecular flexibility index (Phi) is 21.2. The van der Waals surface area contributed by atoms with Crippen LogP contribution in [0.1, 0.15) is 0 Å². The quantitative estimate of drug-likeness (QED) is 0.110. The summed E-state index contributed by atoms with van der Waals surface area (Å²) in [6.07, 6.45) is 0. The molecule has 0 fully saturated rings. The molecular weight excluding hydrogens is 565 g/mol. The molecule has 0 aliphatic heterocycles. The van der Waals surface area contributed by atoms with E-state index in [0.717, 1.165) is 0 Å². The first-order valence-electron chi connectivity index (χ1n) is 4.57.